The first-order valence-corrected chi connectivity index (χ1v) is 5.48. The summed E-state index contributed by atoms with van der Waals surface area (Å²) in [5.74, 6) is 0.229. The number of hydrogen-bond acceptors (Lipinski definition) is 3. The highest BCUT2D eigenvalue weighted by atomic mass is 16.3. The van der Waals surface area contributed by atoms with E-state index in [1.54, 1.807) is 6.07 Å². The topological polar surface area (TPSA) is 45.1 Å². The summed E-state index contributed by atoms with van der Waals surface area (Å²) in [6.07, 6.45) is 3.51. The monoisotopic (exact) mass is 208 g/mol. The number of nitrogens with one attached hydrogen (secondary N) is 1. The highest BCUT2D eigenvalue weighted by molar-refractivity contribution is 5.17. The lowest BCUT2D eigenvalue weighted by molar-refractivity contribution is 0.461. The molecule has 0 aromatic carbocycles. The van der Waals surface area contributed by atoms with Crippen molar-refractivity contribution in [3.05, 3.63) is 24.0 Å². The minimum absolute atomic E-state index is 0.229. The first-order valence-electron chi connectivity index (χ1n) is 5.48. The van der Waals surface area contributed by atoms with Crippen molar-refractivity contribution in [2.75, 3.05) is 0 Å². The third-order valence-corrected chi connectivity index (χ3v) is 2.26. The minimum atomic E-state index is 0.229. The third-order valence-electron chi connectivity index (χ3n) is 2.26. The van der Waals surface area contributed by atoms with E-state index in [9.17, 15) is 0 Å². The van der Waals surface area contributed by atoms with Crippen molar-refractivity contribution in [3.8, 4) is 5.75 Å². The van der Waals surface area contributed by atoms with Crippen LogP contribution < -0.4 is 5.32 Å². The summed E-state index contributed by atoms with van der Waals surface area (Å²) >= 11 is 0. The normalized spacial score (nSPS) is 13.1. The van der Waals surface area contributed by atoms with E-state index in [4.69, 9.17) is 5.11 Å². The predicted molar refractivity (Wildman–Crippen MR) is 62.0 cm³/mol. The molecule has 0 aliphatic rings. The van der Waals surface area contributed by atoms with Crippen molar-refractivity contribution in [2.45, 2.75) is 45.7 Å². The predicted octanol–water partition coefficient (Wildman–Crippen LogP) is 2.11. The van der Waals surface area contributed by atoms with Crippen molar-refractivity contribution in [2.24, 2.45) is 0 Å². The van der Waals surface area contributed by atoms with Gasteiger partial charge in [-0.1, -0.05) is 13.8 Å². The molecule has 1 rings (SSSR count). The molecule has 0 radical (unpaired) electrons. The lowest BCUT2D eigenvalue weighted by atomic mass is 10.1. The van der Waals surface area contributed by atoms with Crippen LogP contribution in [0.3, 0.4) is 0 Å². The Bertz CT molecular complexity index is 282. The molecule has 1 unspecified atom stereocenters. The number of hydrogen-bond donors (Lipinski definition) is 2. The summed E-state index contributed by atoms with van der Waals surface area (Å²) in [4.78, 5) is 4.15. The lowest BCUT2D eigenvalue weighted by Gasteiger charge is -2.16. The van der Waals surface area contributed by atoms with Crippen molar-refractivity contribution < 1.29 is 5.11 Å². The van der Waals surface area contributed by atoms with Crippen LogP contribution in [0.15, 0.2) is 18.3 Å². The number of nitrogens with zero attached hydrogens (tertiary/aromatic N) is 1. The highest BCUT2D eigenvalue weighted by Crippen LogP contribution is 2.08. The van der Waals surface area contributed by atoms with Crippen LogP contribution in [0.25, 0.3) is 0 Å². The maximum atomic E-state index is 9.08. The average Bonchev–Trinajstić information content (AvgIpc) is 2.16. The highest BCUT2D eigenvalue weighted by Gasteiger charge is 2.04. The molecule has 1 aromatic rings. The summed E-state index contributed by atoms with van der Waals surface area (Å²) in [6, 6.07) is 4.58. The van der Waals surface area contributed by atoms with E-state index in [2.05, 4.69) is 31.1 Å². The van der Waals surface area contributed by atoms with E-state index in [0.717, 1.165) is 18.5 Å². The molecule has 3 nitrogen and oxygen atoms in total. The molecule has 2 N–H and O–H groups in total. The molecule has 1 atom stereocenters. The summed E-state index contributed by atoms with van der Waals surface area (Å²) < 4.78 is 0. The molecule has 1 heterocycles. The van der Waals surface area contributed by atoms with E-state index in [1.807, 2.05) is 6.07 Å². The van der Waals surface area contributed by atoms with Crippen LogP contribution in [0, 0.1) is 0 Å². The smallest absolute Gasteiger partial charge is 0.133 e. The molecule has 1 aromatic heterocycles. The van der Waals surface area contributed by atoms with Gasteiger partial charge in [0.2, 0.25) is 0 Å². The van der Waals surface area contributed by atoms with Gasteiger partial charge in [0, 0.05) is 17.8 Å². The first-order chi connectivity index (χ1) is 7.08. The third kappa shape index (κ3) is 4.79. The fourth-order valence-electron chi connectivity index (χ4n) is 1.58. The van der Waals surface area contributed by atoms with Crippen LogP contribution >= 0.6 is 0 Å². The van der Waals surface area contributed by atoms with Crippen LogP contribution in [0.4, 0.5) is 0 Å². The van der Waals surface area contributed by atoms with Gasteiger partial charge in [0.15, 0.2) is 0 Å². The maximum Gasteiger partial charge on any atom is 0.133 e. The van der Waals surface area contributed by atoms with Gasteiger partial charge in [0.25, 0.3) is 0 Å². The summed E-state index contributed by atoms with van der Waals surface area (Å²) in [5, 5.41) is 12.5. The van der Waals surface area contributed by atoms with E-state index >= 15 is 0 Å². The Labute approximate surface area is 91.5 Å². The van der Waals surface area contributed by atoms with E-state index in [1.165, 1.54) is 6.20 Å². The molecule has 0 saturated carbocycles. The Morgan fingerprint density at radius 2 is 2.07 bits per heavy atom. The number of aryl methyl sites for hydroxylation is 1. The second kappa shape index (κ2) is 5.71. The molecule has 0 bridgehead atoms. The van der Waals surface area contributed by atoms with E-state index < -0.39 is 0 Å². The van der Waals surface area contributed by atoms with Crippen LogP contribution in [0.2, 0.25) is 0 Å². The Morgan fingerprint density at radius 1 is 1.33 bits per heavy atom. The van der Waals surface area contributed by atoms with E-state index in [-0.39, 0.29) is 5.75 Å². The Kier molecular flexibility index (Phi) is 4.56. The first kappa shape index (κ1) is 12.0. The van der Waals surface area contributed by atoms with Gasteiger partial charge in [0.05, 0.1) is 6.20 Å². The molecule has 0 aliphatic carbocycles. The summed E-state index contributed by atoms with van der Waals surface area (Å²) in [5.41, 5.74) is 1.03. The Hall–Kier alpha value is -1.09. The summed E-state index contributed by atoms with van der Waals surface area (Å²) in [6.45, 7) is 6.48. The molecular weight excluding hydrogens is 188 g/mol. The minimum Gasteiger partial charge on any atom is -0.506 e. The van der Waals surface area contributed by atoms with Crippen molar-refractivity contribution >= 4 is 0 Å². The zero-order valence-corrected chi connectivity index (χ0v) is 9.70. The standard InChI is InChI=1S/C12H20N2O/c1-9(2)14-10(3)4-5-11-6-7-12(15)8-13-11/h6-10,14-15H,4-5H2,1-3H3. The van der Waals surface area contributed by atoms with Gasteiger partial charge in [-0.05, 0) is 31.9 Å². The van der Waals surface area contributed by atoms with Crippen LogP contribution in [-0.2, 0) is 6.42 Å². The molecule has 0 fully saturated rings. The van der Waals surface area contributed by atoms with Gasteiger partial charge in [-0.3, -0.25) is 4.98 Å². The van der Waals surface area contributed by atoms with Crippen molar-refractivity contribution in [1.82, 2.24) is 10.3 Å². The van der Waals surface area contributed by atoms with Crippen molar-refractivity contribution in [3.63, 3.8) is 0 Å². The zero-order chi connectivity index (χ0) is 11.3. The fourth-order valence-corrected chi connectivity index (χ4v) is 1.58. The quantitative estimate of drug-likeness (QED) is 0.779. The van der Waals surface area contributed by atoms with Gasteiger partial charge >= 0.3 is 0 Å². The molecule has 0 amide bonds. The van der Waals surface area contributed by atoms with Gasteiger partial charge < -0.3 is 10.4 Å². The van der Waals surface area contributed by atoms with Gasteiger partial charge in [-0.2, -0.15) is 0 Å². The van der Waals surface area contributed by atoms with Crippen LogP contribution in [-0.4, -0.2) is 22.2 Å². The molecule has 0 aliphatic heterocycles. The number of aromatic hydroxyl groups is 1. The molecule has 0 spiro atoms. The molecule has 84 valence electrons. The zero-order valence-electron chi connectivity index (χ0n) is 9.70. The molecule has 0 saturated heterocycles. The Morgan fingerprint density at radius 3 is 2.60 bits per heavy atom. The second-order valence-corrected chi connectivity index (χ2v) is 4.27. The average molecular weight is 208 g/mol. The van der Waals surface area contributed by atoms with Gasteiger partial charge in [-0.25, -0.2) is 0 Å². The maximum absolute atomic E-state index is 9.08. The molecule has 3 heteroatoms. The number of pyridine rings is 1. The van der Waals surface area contributed by atoms with Crippen LogP contribution in [0.1, 0.15) is 32.9 Å². The summed E-state index contributed by atoms with van der Waals surface area (Å²) in [7, 11) is 0. The molecule has 15 heavy (non-hydrogen) atoms. The van der Waals surface area contributed by atoms with Gasteiger partial charge in [0.1, 0.15) is 5.75 Å². The number of rotatable bonds is 5. The largest absolute Gasteiger partial charge is 0.506 e. The van der Waals surface area contributed by atoms with E-state index in [0.29, 0.717) is 12.1 Å². The fraction of sp³-hybridized carbons (Fsp3) is 0.583. The van der Waals surface area contributed by atoms with Gasteiger partial charge in [-0.15, -0.1) is 0 Å². The SMILES string of the molecule is CC(C)NC(C)CCc1ccc(O)cn1. The number of aromatic nitrogens is 1. The van der Waals surface area contributed by atoms with Crippen molar-refractivity contribution in [1.29, 1.82) is 0 Å². The molecular formula is C12H20N2O. The second-order valence-electron chi connectivity index (χ2n) is 4.27. The van der Waals surface area contributed by atoms with Crippen LogP contribution in [0.5, 0.6) is 5.75 Å². The Balaban J connectivity index is 2.33. The lowest BCUT2D eigenvalue weighted by Crippen LogP contribution is -2.32.